The van der Waals surface area contributed by atoms with Gasteiger partial charge in [-0.2, -0.15) is 0 Å². The van der Waals surface area contributed by atoms with Crippen molar-refractivity contribution in [2.75, 3.05) is 6.54 Å². The van der Waals surface area contributed by atoms with Crippen molar-refractivity contribution >= 4 is 39.4 Å². The van der Waals surface area contributed by atoms with Gasteiger partial charge in [0.1, 0.15) is 0 Å². The minimum atomic E-state index is -0.867. The van der Waals surface area contributed by atoms with Crippen LogP contribution in [0.15, 0.2) is 22.7 Å². The van der Waals surface area contributed by atoms with Crippen LogP contribution in [0.4, 0.5) is 0 Å². The normalized spacial score (nSPS) is 10.0. The maximum atomic E-state index is 11.6. The van der Waals surface area contributed by atoms with E-state index in [0.717, 1.165) is 0 Å². The number of halogens is 2. The van der Waals surface area contributed by atoms with E-state index in [1.165, 1.54) is 0 Å². The molecule has 17 heavy (non-hydrogen) atoms. The van der Waals surface area contributed by atoms with Gasteiger partial charge >= 0.3 is 5.97 Å². The monoisotopic (exact) mass is 319 g/mol. The van der Waals surface area contributed by atoms with Gasteiger partial charge in [-0.3, -0.25) is 9.59 Å². The first-order valence-electron chi connectivity index (χ1n) is 4.95. The molecule has 0 radical (unpaired) electrons. The molecule has 0 bridgehead atoms. The number of rotatable bonds is 5. The SMILES string of the molecule is O=C(O)CCCNC(=O)c1ccc(Cl)c(Br)c1. The topological polar surface area (TPSA) is 66.4 Å². The Morgan fingerprint density at radius 2 is 2.12 bits per heavy atom. The molecule has 0 saturated carbocycles. The standard InChI is InChI=1S/C11H11BrClNO3/c12-8-6-7(3-4-9(8)13)11(17)14-5-1-2-10(15)16/h3-4,6H,1-2,5H2,(H,14,17)(H,15,16). The van der Waals surface area contributed by atoms with Crippen LogP contribution in [0.3, 0.4) is 0 Å². The van der Waals surface area contributed by atoms with Crippen molar-refractivity contribution in [1.82, 2.24) is 5.32 Å². The molecule has 0 unspecified atom stereocenters. The summed E-state index contributed by atoms with van der Waals surface area (Å²) < 4.78 is 0.650. The van der Waals surface area contributed by atoms with Gasteiger partial charge in [0.15, 0.2) is 0 Å². The predicted molar refractivity (Wildman–Crippen MR) is 68.4 cm³/mol. The van der Waals surface area contributed by atoms with Crippen LogP contribution in [-0.4, -0.2) is 23.5 Å². The van der Waals surface area contributed by atoms with E-state index in [1.807, 2.05) is 0 Å². The van der Waals surface area contributed by atoms with Gasteiger partial charge < -0.3 is 10.4 Å². The van der Waals surface area contributed by atoms with Gasteiger partial charge in [0.25, 0.3) is 5.91 Å². The van der Waals surface area contributed by atoms with Crippen LogP contribution < -0.4 is 5.32 Å². The van der Waals surface area contributed by atoms with Gasteiger partial charge in [0, 0.05) is 23.0 Å². The third-order valence-corrected chi connectivity index (χ3v) is 3.25. The van der Waals surface area contributed by atoms with Crippen LogP contribution >= 0.6 is 27.5 Å². The molecular formula is C11H11BrClNO3. The Labute approximate surface area is 112 Å². The van der Waals surface area contributed by atoms with Gasteiger partial charge in [-0.15, -0.1) is 0 Å². The Hall–Kier alpha value is -1.07. The summed E-state index contributed by atoms with van der Waals surface area (Å²) in [5.41, 5.74) is 0.483. The summed E-state index contributed by atoms with van der Waals surface area (Å²) in [6.07, 6.45) is 0.459. The van der Waals surface area contributed by atoms with Gasteiger partial charge in [-0.25, -0.2) is 0 Å². The van der Waals surface area contributed by atoms with E-state index in [2.05, 4.69) is 21.2 Å². The second kappa shape index (κ2) is 6.61. The molecule has 0 aliphatic heterocycles. The highest BCUT2D eigenvalue weighted by Gasteiger charge is 2.07. The highest BCUT2D eigenvalue weighted by Crippen LogP contribution is 2.23. The zero-order chi connectivity index (χ0) is 12.8. The molecule has 1 aromatic rings. The van der Waals surface area contributed by atoms with Gasteiger partial charge in [-0.1, -0.05) is 11.6 Å². The number of hydrogen-bond donors (Lipinski definition) is 2. The van der Waals surface area contributed by atoms with Crippen molar-refractivity contribution in [1.29, 1.82) is 0 Å². The predicted octanol–water partition coefficient (Wildman–Crippen LogP) is 2.70. The number of aliphatic carboxylic acids is 1. The second-order valence-corrected chi connectivity index (χ2v) is 4.64. The number of benzene rings is 1. The molecule has 1 amide bonds. The Balaban J connectivity index is 2.47. The van der Waals surface area contributed by atoms with E-state index in [0.29, 0.717) is 28.0 Å². The van der Waals surface area contributed by atoms with E-state index >= 15 is 0 Å². The fraction of sp³-hybridized carbons (Fsp3) is 0.273. The zero-order valence-electron chi connectivity index (χ0n) is 8.87. The summed E-state index contributed by atoms with van der Waals surface area (Å²) in [5, 5.41) is 11.6. The van der Waals surface area contributed by atoms with Gasteiger partial charge in [0.05, 0.1) is 5.02 Å². The van der Waals surface area contributed by atoms with Crippen LogP contribution in [0.1, 0.15) is 23.2 Å². The lowest BCUT2D eigenvalue weighted by Crippen LogP contribution is -2.24. The minimum Gasteiger partial charge on any atom is -0.481 e. The average molecular weight is 321 g/mol. The molecule has 6 heteroatoms. The molecule has 4 nitrogen and oxygen atoms in total. The Morgan fingerprint density at radius 3 is 2.71 bits per heavy atom. The average Bonchev–Trinajstić information content (AvgIpc) is 2.27. The molecule has 0 atom stereocenters. The molecule has 0 fully saturated rings. The molecule has 92 valence electrons. The van der Waals surface area contributed by atoms with Gasteiger partial charge in [-0.05, 0) is 40.5 Å². The second-order valence-electron chi connectivity index (χ2n) is 3.38. The number of nitrogens with one attached hydrogen (secondary N) is 1. The summed E-state index contributed by atoms with van der Waals surface area (Å²) in [5.74, 6) is -1.11. The van der Waals surface area contributed by atoms with Gasteiger partial charge in [0.2, 0.25) is 0 Å². The Bertz CT molecular complexity index is 437. The third-order valence-electron chi connectivity index (χ3n) is 2.03. The molecule has 0 heterocycles. The number of carboxylic acid groups (broad SMARTS) is 1. The Morgan fingerprint density at radius 1 is 1.41 bits per heavy atom. The van der Waals surface area contributed by atoms with Crippen molar-refractivity contribution < 1.29 is 14.7 Å². The number of amides is 1. The number of carbonyl (C=O) groups excluding carboxylic acids is 1. The first-order chi connectivity index (χ1) is 8.00. The number of hydrogen-bond acceptors (Lipinski definition) is 2. The highest BCUT2D eigenvalue weighted by atomic mass is 79.9. The smallest absolute Gasteiger partial charge is 0.303 e. The van der Waals surface area contributed by atoms with Crippen molar-refractivity contribution in [2.45, 2.75) is 12.8 Å². The van der Waals surface area contributed by atoms with Crippen LogP contribution in [0, 0.1) is 0 Å². The minimum absolute atomic E-state index is 0.0462. The summed E-state index contributed by atoms with van der Waals surface area (Å²) in [4.78, 5) is 21.9. The van der Waals surface area contributed by atoms with Crippen LogP contribution in [0.5, 0.6) is 0 Å². The molecule has 2 N–H and O–H groups in total. The lowest BCUT2D eigenvalue weighted by Gasteiger charge is -2.05. The maximum absolute atomic E-state index is 11.6. The summed E-state index contributed by atoms with van der Waals surface area (Å²) in [7, 11) is 0. The fourth-order valence-corrected chi connectivity index (χ4v) is 1.68. The van der Waals surface area contributed by atoms with Crippen LogP contribution in [0.25, 0.3) is 0 Å². The first-order valence-corrected chi connectivity index (χ1v) is 6.13. The molecule has 0 spiro atoms. The van der Waals surface area contributed by atoms with Crippen LogP contribution in [-0.2, 0) is 4.79 Å². The molecule has 0 aliphatic carbocycles. The van der Waals surface area contributed by atoms with E-state index in [4.69, 9.17) is 16.7 Å². The zero-order valence-corrected chi connectivity index (χ0v) is 11.2. The Kier molecular flexibility index (Phi) is 5.44. The molecule has 1 aromatic carbocycles. The van der Waals surface area contributed by atoms with E-state index < -0.39 is 5.97 Å². The van der Waals surface area contributed by atoms with Crippen LogP contribution in [0.2, 0.25) is 5.02 Å². The van der Waals surface area contributed by atoms with Crippen molar-refractivity contribution in [3.8, 4) is 0 Å². The molecule has 0 aromatic heterocycles. The van der Waals surface area contributed by atoms with E-state index in [-0.39, 0.29) is 12.3 Å². The third kappa shape index (κ3) is 4.75. The van der Waals surface area contributed by atoms with Crippen molar-refractivity contribution in [2.24, 2.45) is 0 Å². The molecular weight excluding hydrogens is 309 g/mol. The highest BCUT2D eigenvalue weighted by molar-refractivity contribution is 9.10. The quantitative estimate of drug-likeness (QED) is 0.820. The summed E-state index contributed by atoms with van der Waals surface area (Å²) in [6.45, 7) is 0.339. The number of carbonyl (C=O) groups is 2. The van der Waals surface area contributed by atoms with E-state index in [9.17, 15) is 9.59 Å². The largest absolute Gasteiger partial charge is 0.481 e. The maximum Gasteiger partial charge on any atom is 0.303 e. The van der Waals surface area contributed by atoms with Crippen molar-refractivity contribution in [3.63, 3.8) is 0 Å². The molecule has 0 saturated heterocycles. The first kappa shape index (κ1) is 14.0. The lowest BCUT2D eigenvalue weighted by molar-refractivity contribution is -0.137. The van der Waals surface area contributed by atoms with E-state index in [1.54, 1.807) is 18.2 Å². The summed E-state index contributed by atoms with van der Waals surface area (Å²) >= 11 is 9.03. The molecule has 0 aliphatic rings. The molecule has 1 rings (SSSR count). The summed E-state index contributed by atoms with van der Waals surface area (Å²) in [6, 6.07) is 4.85. The fourth-order valence-electron chi connectivity index (χ4n) is 1.18. The number of carboxylic acids is 1. The van der Waals surface area contributed by atoms with Crippen molar-refractivity contribution in [3.05, 3.63) is 33.3 Å². The lowest BCUT2D eigenvalue weighted by atomic mass is 10.2.